The third-order valence-electron chi connectivity index (χ3n) is 5.63. The molecule has 8 heteroatoms. The van der Waals surface area contributed by atoms with Gasteiger partial charge in [-0.1, -0.05) is 47.7 Å². The lowest BCUT2D eigenvalue weighted by Gasteiger charge is -2.21. The molecule has 7 nitrogen and oxygen atoms in total. The summed E-state index contributed by atoms with van der Waals surface area (Å²) in [6.07, 6.45) is 5.66. The maximum absolute atomic E-state index is 13.6. The molecule has 1 aliphatic rings. The van der Waals surface area contributed by atoms with E-state index in [9.17, 15) is 9.90 Å². The standard InChI is InChI=1S/C24H17N5O2S/c30-21-9-3-1-7-16(21)20-12-17(15-6-5-11-25-13-15)27-29(20)23(31)18-14-28-19-8-2-4-10-22(19)32-24(28)26-18/h1-11,13-14,20,30H,12H2. The molecule has 32 heavy (non-hydrogen) atoms. The van der Waals surface area contributed by atoms with Crippen LogP contribution in [0.2, 0.25) is 0 Å². The van der Waals surface area contributed by atoms with Gasteiger partial charge in [-0.3, -0.25) is 14.2 Å². The van der Waals surface area contributed by atoms with E-state index in [1.807, 2.05) is 52.9 Å². The van der Waals surface area contributed by atoms with E-state index in [1.165, 1.54) is 16.3 Å². The van der Waals surface area contributed by atoms with E-state index in [2.05, 4.69) is 15.1 Å². The number of carbonyl (C=O) groups is 1. The first-order valence-electron chi connectivity index (χ1n) is 10.1. The van der Waals surface area contributed by atoms with Crippen LogP contribution >= 0.6 is 11.3 Å². The van der Waals surface area contributed by atoms with Gasteiger partial charge in [0, 0.05) is 36.1 Å². The molecule has 6 rings (SSSR count). The summed E-state index contributed by atoms with van der Waals surface area (Å²) in [7, 11) is 0. The molecule has 0 saturated carbocycles. The van der Waals surface area contributed by atoms with Gasteiger partial charge in [0.1, 0.15) is 11.4 Å². The summed E-state index contributed by atoms with van der Waals surface area (Å²) in [5.74, 6) is -0.174. The smallest absolute Gasteiger partial charge is 0.294 e. The number of hydrazone groups is 1. The number of hydrogen-bond donors (Lipinski definition) is 1. The van der Waals surface area contributed by atoms with Crippen LogP contribution in [-0.4, -0.2) is 36.1 Å². The van der Waals surface area contributed by atoms with E-state index < -0.39 is 6.04 Å². The molecule has 4 heterocycles. The molecule has 5 aromatic rings. The van der Waals surface area contributed by atoms with E-state index in [-0.39, 0.29) is 11.7 Å². The highest BCUT2D eigenvalue weighted by molar-refractivity contribution is 7.23. The van der Waals surface area contributed by atoms with Crippen LogP contribution < -0.4 is 0 Å². The van der Waals surface area contributed by atoms with Gasteiger partial charge in [-0.25, -0.2) is 9.99 Å². The van der Waals surface area contributed by atoms with Gasteiger partial charge in [0.2, 0.25) is 0 Å². The van der Waals surface area contributed by atoms with E-state index in [1.54, 1.807) is 30.7 Å². The van der Waals surface area contributed by atoms with E-state index in [0.29, 0.717) is 17.7 Å². The lowest BCUT2D eigenvalue weighted by atomic mass is 9.98. The number of phenolic OH excluding ortho intramolecular Hbond substituents is 1. The van der Waals surface area contributed by atoms with Crippen LogP contribution in [0, 0.1) is 0 Å². The predicted octanol–water partition coefficient (Wildman–Crippen LogP) is 4.64. The zero-order valence-corrected chi connectivity index (χ0v) is 17.6. The Hall–Kier alpha value is -4.04. The summed E-state index contributed by atoms with van der Waals surface area (Å²) >= 11 is 1.54. The molecule has 1 amide bonds. The van der Waals surface area contributed by atoms with E-state index in [4.69, 9.17) is 0 Å². The van der Waals surface area contributed by atoms with Crippen molar-refractivity contribution in [2.75, 3.05) is 0 Å². The monoisotopic (exact) mass is 439 g/mol. The van der Waals surface area contributed by atoms with Crippen LogP contribution in [0.25, 0.3) is 15.2 Å². The number of para-hydroxylation sites is 2. The number of rotatable bonds is 3. The van der Waals surface area contributed by atoms with Gasteiger partial charge in [0.25, 0.3) is 5.91 Å². The van der Waals surface area contributed by atoms with Gasteiger partial charge in [0.05, 0.1) is 22.0 Å². The molecule has 156 valence electrons. The van der Waals surface area contributed by atoms with Gasteiger partial charge >= 0.3 is 0 Å². The summed E-state index contributed by atoms with van der Waals surface area (Å²) < 4.78 is 3.04. The number of aromatic hydroxyl groups is 1. The Bertz CT molecular complexity index is 1500. The SMILES string of the molecule is O=C(c1cn2c(n1)sc1ccccc12)N1N=C(c2cccnc2)CC1c1ccccc1O. The molecule has 1 atom stereocenters. The van der Waals surface area contributed by atoms with Crippen molar-refractivity contribution in [3.05, 3.63) is 96.1 Å². The van der Waals surface area contributed by atoms with Gasteiger partial charge < -0.3 is 5.11 Å². The Morgan fingerprint density at radius 3 is 2.75 bits per heavy atom. The summed E-state index contributed by atoms with van der Waals surface area (Å²) in [6.45, 7) is 0. The Labute approximate surface area is 186 Å². The number of benzene rings is 2. The highest BCUT2D eigenvalue weighted by Crippen LogP contribution is 2.38. The maximum atomic E-state index is 13.6. The van der Waals surface area contributed by atoms with Crippen LogP contribution in [-0.2, 0) is 0 Å². The Morgan fingerprint density at radius 2 is 1.91 bits per heavy atom. The van der Waals surface area contributed by atoms with Crippen molar-refractivity contribution in [1.82, 2.24) is 19.4 Å². The first-order valence-corrected chi connectivity index (χ1v) is 11.0. The Kier molecular flexibility index (Phi) is 4.26. The Balaban J connectivity index is 1.44. The molecular weight excluding hydrogens is 422 g/mol. The summed E-state index contributed by atoms with van der Waals surface area (Å²) in [4.78, 5) is 23.1. The van der Waals surface area contributed by atoms with Gasteiger partial charge in [-0.15, -0.1) is 0 Å². The number of fused-ring (bicyclic) bond motifs is 3. The van der Waals surface area contributed by atoms with Crippen molar-refractivity contribution in [1.29, 1.82) is 0 Å². The summed E-state index contributed by atoms with van der Waals surface area (Å²) in [5.41, 5.74) is 3.57. The third-order valence-corrected chi connectivity index (χ3v) is 6.66. The zero-order valence-electron chi connectivity index (χ0n) is 16.8. The molecule has 3 aromatic heterocycles. The number of imidazole rings is 1. The molecule has 0 spiro atoms. The molecular formula is C24H17N5O2S. The number of carbonyl (C=O) groups excluding carboxylic acids is 1. The van der Waals surface area contributed by atoms with Crippen LogP contribution in [0.1, 0.15) is 34.1 Å². The zero-order chi connectivity index (χ0) is 21.7. The molecule has 1 unspecified atom stereocenters. The second-order valence-electron chi connectivity index (χ2n) is 7.57. The average molecular weight is 440 g/mol. The van der Waals surface area contributed by atoms with Crippen LogP contribution in [0.15, 0.2) is 84.4 Å². The van der Waals surface area contributed by atoms with Crippen molar-refractivity contribution in [3.8, 4) is 5.75 Å². The average Bonchev–Trinajstić information content (AvgIpc) is 3.52. The lowest BCUT2D eigenvalue weighted by molar-refractivity contribution is 0.0704. The maximum Gasteiger partial charge on any atom is 0.294 e. The topological polar surface area (TPSA) is 83.1 Å². The van der Waals surface area contributed by atoms with Crippen LogP contribution in [0.4, 0.5) is 0 Å². The van der Waals surface area contributed by atoms with Gasteiger partial charge in [-0.2, -0.15) is 5.10 Å². The molecule has 0 fully saturated rings. The molecule has 1 aliphatic heterocycles. The normalized spacial score (nSPS) is 16.1. The number of aromatic nitrogens is 3. The quantitative estimate of drug-likeness (QED) is 0.444. The summed E-state index contributed by atoms with van der Waals surface area (Å²) in [5, 5.41) is 16.6. The highest BCUT2D eigenvalue weighted by Gasteiger charge is 2.36. The third kappa shape index (κ3) is 2.96. The second-order valence-corrected chi connectivity index (χ2v) is 8.57. The largest absolute Gasteiger partial charge is 0.508 e. The molecule has 0 aliphatic carbocycles. The van der Waals surface area contributed by atoms with Crippen molar-refractivity contribution in [2.45, 2.75) is 12.5 Å². The number of nitrogens with zero attached hydrogens (tertiary/aromatic N) is 5. The number of thiazole rings is 1. The number of amides is 1. The van der Waals surface area contributed by atoms with Crippen molar-refractivity contribution >= 4 is 38.1 Å². The second kappa shape index (κ2) is 7.28. The first-order chi connectivity index (χ1) is 15.7. The summed E-state index contributed by atoms with van der Waals surface area (Å²) in [6, 6.07) is 18.4. The molecule has 1 N–H and O–H groups in total. The lowest BCUT2D eigenvalue weighted by Crippen LogP contribution is -2.27. The van der Waals surface area contributed by atoms with Gasteiger partial charge in [0.15, 0.2) is 4.96 Å². The predicted molar refractivity (Wildman–Crippen MR) is 123 cm³/mol. The molecule has 0 saturated heterocycles. The van der Waals surface area contributed by atoms with Crippen molar-refractivity contribution < 1.29 is 9.90 Å². The minimum absolute atomic E-state index is 0.134. The minimum Gasteiger partial charge on any atom is -0.508 e. The van der Waals surface area contributed by atoms with Crippen LogP contribution in [0.3, 0.4) is 0 Å². The molecule has 0 radical (unpaired) electrons. The van der Waals surface area contributed by atoms with Crippen molar-refractivity contribution in [3.63, 3.8) is 0 Å². The minimum atomic E-state index is -0.435. The fraction of sp³-hybridized carbons (Fsp3) is 0.0833. The Morgan fingerprint density at radius 1 is 1.06 bits per heavy atom. The molecule has 2 aromatic carbocycles. The van der Waals surface area contributed by atoms with Crippen LogP contribution in [0.5, 0.6) is 5.75 Å². The van der Waals surface area contributed by atoms with Crippen molar-refractivity contribution in [2.24, 2.45) is 5.10 Å². The number of pyridine rings is 1. The number of hydrogen-bond acceptors (Lipinski definition) is 6. The number of phenols is 1. The first kappa shape index (κ1) is 18.7. The molecule has 0 bridgehead atoms. The fourth-order valence-electron chi connectivity index (χ4n) is 4.09. The van der Waals surface area contributed by atoms with E-state index >= 15 is 0 Å². The van der Waals surface area contributed by atoms with Gasteiger partial charge in [-0.05, 0) is 24.3 Å². The van der Waals surface area contributed by atoms with E-state index in [0.717, 1.165) is 26.5 Å². The highest BCUT2D eigenvalue weighted by atomic mass is 32.1. The fourth-order valence-corrected chi connectivity index (χ4v) is 5.09.